The van der Waals surface area contributed by atoms with Gasteiger partial charge in [-0.3, -0.25) is 38.4 Å². The van der Waals surface area contributed by atoms with Crippen molar-refractivity contribution in [1.82, 2.24) is 52.2 Å². The summed E-state index contributed by atoms with van der Waals surface area (Å²) in [4.78, 5) is 118. The van der Waals surface area contributed by atoms with Crippen LogP contribution in [0.25, 0.3) is 10.9 Å². The first-order chi connectivity index (χ1) is 34.1. The first-order valence-electron chi connectivity index (χ1n) is 24.5. The molecule has 72 heavy (non-hydrogen) atoms. The molecule has 0 aliphatic rings. The number of hydrogen-bond acceptors (Lipinski definition) is 11. The Labute approximate surface area is 420 Å². The summed E-state index contributed by atoms with van der Waals surface area (Å²) >= 11 is 0. The van der Waals surface area contributed by atoms with Crippen molar-refractivity contribution in [1.29, 1.82) is 0 Å². The number of aliphatic hydroxyl groups is 1. The molecule has 2 aromatic heterocycles. The lowest BCUT2D eigenvalue weighted by molar-refractivity contribution is -0.135. The number of para-hydroxylation sites is 1. The maximum atomic E-state index is 14.2. The summed E-state index contributed by atoms with van der Waals surface area (Å²) in [6.07, 6.45) is 4.45. The number of amides is 8. The molecular formula is C51H74N12O9. The number of carbonyl (C=O) groups excluding carboxylic acids is 8. The van der Waals surface area contributed by atoms with Crippen molar-refractivity contribution in [2.24, 2.45) is 29.2 Å². The van der Waals surface area contributed by atoms with Crippen LogP contribution in [0.3, 0.4) is 0 Å². The molecular weight excluding hydrogens is 925 g/mol. The molecule has 0 radical (unpaired) electrons. The lowest BCUT2D eigenvalue weighted by Gasteiger charge is -2.29. The van der Waals surface area contributed by atoms with Crippen LogP contribution in [-0.2, 0) is 57.6 Å². The topological polar surface area (TPSA) is 338 Å². The number of aromatic nitrogens is 3. The van der Waals surface area contributed by atoms with E-state index in [9.17, 15) is 43.5 Å². The second kappa shape index (κ2) is 28.0. The number of fused-ring (bicyclic) bond motifs is 1. The Bertz CT molecular complexity index is 2420. The Morgan fingerprint density at radius 2 is 1.28 bits per heavy atom. The molecule has 14 N–H and O–H groups in total. The molecule has 0 saturated heterocycles. The minimum atomic E-state index is -1.33. The summed E-state index contributed by atoms with van der Waals surface area (Å²) < 4.78 is 0. The zero-order valence-electron chi connectivity index (χ0n) is 42.3. The van der Waals surface area contributed by atoms with Gasteiger partial charge in [0.15, 0.2) is 0 Å². The summed E-state index contributed by atoms with van der Waals surface area (Å²) in [7, 11) is 0. The van der Waals surface area contributed by atoms with E-state index in [4.69, 9.17) is 11.5 Å². The molecule has 392 valence electrons. The van der Waals surface area contributed by atoms with Gasteiger partial charge in [0.2, 0.25) is 47.3 Å². The van der Waals surface area contributed by atoms with Gasteiger partial charge in [-0.25, -0.2) is 4.98 Å². The lowest BCUT2D eigenvalue weighted by atomic mass is 9.93. The van der Waals surface area contributed by atoms with Crippen LogP contribution in [0.1, 0.15) is 91.0 Å². The molecule has 4 aromatic rings. The molecule has 2 aromatic carbocycles. The van der Waals surface area contributed by atoms with E-state index >= 15 is 0 Å². The summed E-state index contributed by atoms with van der Waals surface area (Å²) in [5.74, 6) is -5.86. The largest absolute Gasteiger partial charge is 0.391 e. The van der Waals surface area contributed by atoms with E-state index in [0.29, 0.717) is 24.1 Å². The van der Waals surface area contributed by atoms with Crippen molar-refractivity contribution < 1.29 is 43.5 Å². The zero-order chi connectivity index (χ0) is 53.1. The Hall–Kier alpha value is -7.13. The predicted molar refractivity (Wildman–Crippen MR) is 271 cm³/mol. The number of imidazole rings is 1. The predicted octanol–water partition coefficient (Wildman–Crippen LogP) is 0.666. The SMILES string of the molecule is CC(C)CC(O)[C@H](CC(C)C)NC(=O)[C@H](Cc1cnc[nH]1)NC(=O)CNC(=O)[C@@H](NC(=O)[C@H](C)NC(=O)[C@H](Cc1c[nH]c2ccccc12)NC(=O)[C@H](CCC(N)=O)NC(=O)[C@H](N)Cc1ccccc1)C(C)C. The van der Waals surface area contributed by atoms with Crippen molar-refractivity contribution in [3.63, 3.8) is 0 Å². The summed E-state index contributed by atoms with van der Waals surface area (Å²) in [5.41, 5.74) is 14.4. The van der Waals surface area contributed by atoms with Crippen LogP contribution in [0.15, 0.2) is 73.3 Å². The minimum Gasteiger partial charge on any atom is -0.391 e. The zero-order valence-corrected chi connectivity index (χ0v) is 42.3. The third-order valence-electron chi connectivity index (χ3n) is 12.0. The van der Waals surface area contributed by atoms with Crippen LogP contribution in [0.4, 0.5) is 0 Å². The Morgan fingerprint density at radius 3 is 1.92 bits per heavy atom. The van der Waals surface area contributed by atoms with E-state index in [-0.39, 0.29) is 43.9 Å². The van der Waals surface area contributed by atoms with E-state index in [2.05, 4.69) is 52.2 Å². The average molecular weight is 999 g/mol. The van der Waals surface area contributed by atoms with Gasteiger partial charge in [-0.05, 0) is 67.6 Å². The van der Waals surface area contributed by atoms with E-state index in [1.807, 2.05) is 58.0 Å². The van der Waals surface area contributed by atoms with Crippen molar-refractivity contribution in [2.45, 2.75) is 142 Å². The standard InChI is InChI=1S/C51H74N12O9/c1-28(2)19-39(42(64)20-29(3)4)61-50(71)41(23-34-25-54-27-57-34)59-44(66)26-56-51(72)45(30(5)6)63-46(67)31(7)58-49(70)40(22-33-24-55-37-16-12-11-15-35(33)37)62-48(69)38(17-18-43(53)65)60-47(68)36(52)21-32-13-9-8-10-14-32/h8-16,24-25,27-31,36,38-42,45,55,64H,17-23,26,52H2,1-7H3,(H2,53,65)(H,54,57)(H,56,72)(H,58,70)(H,59,66)(H,60,68)(H,61,71)(H,62,69)(H,63,67)/t31-,36+,38-,39-,40-,41-,42?,45-/m0/s1. The van der Waals surface area contributed by atoms with Crippen LogP contribution in [0.2, 0.25) is 0 Å². The van der Waals surface area contributed by atoms with E-state index in [1.54, 1.807) is 44.3 Å². The molecule has 21 nitrogen and oxygen atoms in total. The van der Waals surface area contributed by atoms with Gasteiger partial charge in [0.25, 0.3) is 0 Å². The quantitative estimate of drug-likeness (QED) is 0.0359. The number of carbonyl (C=O) groups is 8. The highest BCUT2D eigenvalue weighted by molar-refractivity contribution is 5.97. The molecule has 4 rings (SSSR count). The number of primary amides is 1. The van der Waals surface area contributed by atoms with Gasteiger partial charge in [0.05, 0.1) is 31.1 Å². The smallest absolute Gasteiger partial charge is 0.243 e. The normalized spacial score (nSPS) is 14.8. The number of aromatic amines is 2. The third-order valence-corrected chi connectivity index (χ3v) is 12.0. The second-order valence-electron chi connectivity index (χ2n) is 19.5. The van der Waals surface area contributed by atoms with Gasteiger partial charge < -0.3 is 63.8 Å². The highest BCUT2D eigenvalue weighted by Gasteiger charge is 2.33. The van der Waals surface area contributed by atoms with Crippen molar-refractivity contribution in [3.05, 3.63) is 90.1 Å². The molecule has 0 spiro atoms. The molecule has 21 heteroatoms. The lowest BCUT2D eigenvalue weighted by Crippen LogP contribution is -2.59. The van der Waals surface area contributed by atoms with Crippen LogP contribution in [0, 0.1) is 17.8 Å². The second-order valence-corrected chi connectivity index (χ2v) is 19.5. The van der Waals surface area contributed by atoms with Gasteiger partial charge in [0.1, 0.15) is 30.2 Å². The highest BCUT2D eigenvalue weighted by Crippen LogP contribution is 2.20. The van der Waals surface area contributed by atoms with Crippen molar-refractivity contribution in [2.75, 3.05) is 6.54 Å². The monoisotopic (exact) mass is 999 g/mol. The van der Waals surface area contributed by atoms with E-state index < -0.39 is 108 Å². The molecule has 0 aliphatic carbocycles. The number of rotatable bonds is 29. The molecule has 0 aliphatic heterocycles. The minimum absolute atomic E-state index is 0.0388. The Balaban J connectivity index is 1.44. The molecule has 0 fully saturated rings. The van der Waals surface area contributed by atoms with Gasteiger partial charge in [-0.1, -0.05) is 90.1 Å². The maximum absolute atomic E-state index is 14.2. The van der Waals surface area contributed by atoms with Gasteiger partial charge >= 0.3 is 0 Å². The van der Waals surface area contributed by atoms with Gasteiger partial charge in [-0.2, -0.15) is 0 Å². The average Bonchev–Trinajstić information content (AvgIpc) is 4.00. The molecule has 1 unspecified atom stereocenters. The Kier molecular flexibility index (Phi) is 22.4. The van der Waals surface area contributed by atoms with E-state index in [1.165, 1.54) is 19.4 Å². The number of aliphatic hydroxyl groups excluding tert-OH is 1. The van der Waals surface area contributed by atoms with Gasteiger partial charge in [0, 0.05) is 48.3 Å². The van der Waals surface area contributed by atoms with Crippen LogP contribution in [-0.4, -0.2) is 122 Å². The third kappa shape index (κ3) is 18.6. The number of H-pyrrole nitrogens is 2. The highest BCUT2D eigenvalue weighted by atomic mass is 16.3. The molecule has 2 heterocycles. The van der Waals surface area contributed by atoms with Crippen LogP contribution in [0.5, 0.6) is 0 Å². The fourth-order valence-electron chi connectivity index (χ4n) is 8.09. The van der Waals surface area contributed by atoms with Crippen molar-refractivity contribution in [3.8, 4) is 0 Å². The van der Waals surface area contributed by atoms with Crippen LogP contribution >= 0.6 is 0 Å². The molecule has 8 atom stereocenters. The fourth-order valence-corrected chi connectivity index (χ4v) is 8.09. The van der Waals surface area contributed by atoms with Crippen LogP contribution < -0.4 is 48.7 Å². The number of nitrogens with zero attached hydrogens (tertiary/aromatic N) is 1. The van der Waals surface area contributed by atoms with E-state index in [0.717, 1.165) is 16.5 Å². The van der Waals surface area contributed by atoms with Gasteiger partial charge in [-0.15, -0.1) is 0 Å². The number of nitrogens with one attached hydrogen (secondary N) is 9. The molecule has 0 saturated carbocycles. The number of nitrogens with two attached hydrogens (primary N) is 2. The first-order valence-corrected chi connectivity index (χ1v) is 24.5. The number of benzene rings is 2. The summed E-state index contributed by atoms with van der Waals surface area (Å²) in [6.45, 7) is 12.1. The number of hydrogen-bond donors (Lipinski definition) is 12. The summed E-state index contributed by atoms with van der Waals surface area (Å²) in [5, 5.41) is 30.5. The molecule has 8 amide bonds. The molecule has 0 bridgehead atoms. The first kappa shape index (κ1) is 57.4. The summed E-state index contributed by atoms with van der Waals surface area (Å²) in [6, 6.07) is 8.50. The van der Waals surface area contributed by atoms with Crippen molar-refractivity contribution >= 4 is 58.2 Å². The fraction of sp³-hybridized carbons (Fsp3) is 0.510. The Morgan fingerprint density at radius 1 is 0.653 bits per heavy atom. The maximum Gasteiger partial charge on any atom is 0.243 e.